The number of nitrogens with zero attached hydrogens (tertiary/aromatic N) is 3. The molecule has 3 rings (SSSR count). The van der Waals surface area contributed by atoms with Crippen molar-refractivity contribution in [3.05, 3.63) is 60.3 Å². The van der Waals surface area contributed by atoms with Crippen molar-refractivity contribution in [3.8, 4) is 22.6 Å². The SMILES string of the molecule is CN(C)S(=O)(=O)NCc1nc(-c2cccc(F)c2)c(-c2ccccn2)[nH]1. The zero-order valence-electron chi connectivity index (χ0n) is 14.3. The number of rotatable bonds is 6. The normalized spacial score (nSPS) is 11.8. The topological polar surface area (TPSA) is 91.0 Å². The van der Waals surface area contributed by atoms with Crippen LogP contribution in [-0.2, 0) is 16.8 Å². The van der Waals surface area contributed by atoms with Crippen LogP contribution < -0.4 is 4.72 Å². The Morgan fingerprint density at radius 2 is 2.00 bits per heavy atom. The standard InChI is InChI=1S/C17H18FN5O2S/c1-23(2)26(24,25)20-11-15-21-16(12-6-5-7-13(18)10-12)17(22-15)14-8-3-4-9-19-14/h3-10,20H,11H2,1-2H3,(H,21,22). The molecule has 0 aliphatic rings. The van der Waals surface area contributed by atoms with Gasteiger partial charge in [-0.2, -0.15) is 17.4 Å². The van der Waals surface area contributed by atoms with Crippen molar-refractivity contribution in [1.82, 2.24) is 24.0 Å². The molecular weight excluding hydrogens is 357 g/mol. The van der Waals surface area contributed by atoms with Gasteiger partial charge in [0.25, 0.3) is 10.2 Å². The van der Waals surface area contributed by atoms with Gasteiger partial charge in [-0.15, -0.1) is 0 Å². The number of pyridine rings is 1. The Morgan fingerprint density at radius 1 is 1.19 bits per heavy atom. The zero-order valence-corrected chi connectivity index (χ0v) is 15.1. The molecule has 0 spiro atoms. The molecule has 0 radical (unpaired) electrons. The monoisotopic (exact) mass is 375 g/mol. The third kappa shape index (κ3) is 3.96. The highest BCUT2D eigenvalue weighted by atomic mass is 32.2. The van der Waals surface area contributed by atoms with E-state index in [0.717, 1.165) is 4.31 Å². The Morgan fingerprint density at radius 3 is 2.65 bits per heavy atom. The second kappa shape index (κ2) is 7.32. The molecule has 0 unspecified atom stereocenters. The van der Waals surface area contributed by atoms with Crippen molar-refractivity contribution in [2.45, 2.75) is 6.54 Å². The van der Waals surface area contributed by atoms with Gasteiger partial charge in [0.1, 0.15) is 11.6 Å². The maximum absolute atomic E-state index is 13.6. The van der Waals surface area contributed by atoms with E-state index in [1.165, 1.54) is 26.2 Å². The van der Waals surface area contributed by atoms with Gasteiger partial charge in [-0.3, -0.25) is 4.98 Å². The Hall–Kier alpha value is -2.62. The van der Waals surface area contributed by atoms with Crippen LogP contribution in [0.3, 0.4) is 0 Å². The molecule has 2 N–H and O–H groups in total. The first-order chi connectivity index (χ1) is 12.4. The largest absolute Gasteiger partial charge is 0.339 e. The lowest BCUT2D eigenvalue weighted by Crippen LogP contribution is -2.35. The lowest BCUT2D eigenvalue weighted by atomic mass is 10.1. The molecule has 0 saturated heterocycles. The van der Waals surface area contributed by atoms with Gasteiger partial charge in [-0.1, -0.05) is 18.2 Å². The summed E-state index contributed by atoms with van der Waals surface area (Å²) in [5, 5.41) is 0. The van der Waals surface area contributed by atoms with E-state index in [4.69, 9.17) is 0 Å². The molecule has 7 nitrogen and oxygen atoms in total. The average molecular weight is 375 g/mol. The van der Waals surface area contributed by atoms with Crippen LogP contribution >= 0.6 is 0 Å². The van der Waals surface area contributed by atoms with E-state index in [0.29, 0.717) is 28.5 Å². The minimum atomic E-state index is -3.59. The first-order valence-electron chi connectivity index (χ1n) is 7.80. The molecule has 0 aliphatic heterocycles. The van der Waals surface area contributed by atoms with Gasteiger partial charge < -0.3 is 4.98 Å². The third-order valence-corrected chi connectivity index (χ3v) is 5.15. The van der Waals surface area contributed by atoms with Crippen LogP contribution in [0.25, 0.3) is 22.6 Å². The fraction of sp³-hybridized carbons (Fsp3) is 0.176. The summed E-state index contributed by atoms with van der Waals surface area (Å²) >= 11 is 0. The maximum Gasteiger partial charge on any atom is 0.279 e. The molecule has 2 aromatic heterocycles. The number of aromatic amines is 1. The summed E-state index contributed by atoms with van der Waals surface area (Å²) in [4.78, 5) is 11.8. The first-order valence-corrected chi connectivity index (χ1v) is 9.24. The third-order valence-electron chi connectivity index (χ3n) is 3.67. The van der Waals surface area contributed by atoms with Crippen LogP contribution in [0.4, 0.5) is 4.39 Å². The van der Waals surface area contributed by atoms with Crippen LogP contribution in [0.2, 0.25) is 0 Å². The molecule has 0 amide bonds. The number of nitrogens with one attached hydrogen (secondary N) is 2. The minimum absolute atomic E-state index is 0.0321. The molecule has 0 fully saturated rings. The quantitative estimate of drug-likeness (QED) is 0.691. The Bertz CT molecular complexity index is 1000. The Balaban J connectivity index is 2.01. The van der Waals surface area contributed by atoms with E-state index in [1.807, 2.05) is 6.07 Å². The number of imidazole rings is 1. The van der Waals surface area contributed by atoms with Crippen molar-refractivity contribution < 1.29 is 12.8 Å². The van der Waals surface area contributed by atoms with E-state index in [-0.39, 0.29) is 12.4 Å². The lowest BCUT2D eigenvalue weighted by molar-refractivity contribution is 0.504. The van der Waals surface area contributed by atoms with Crippen LogP contribution in [-0.4, -0.2) is 41.8 Å². The van der Waals surface area contributed by atoms with Gasteiger partial charge in [-0.25, -0.2) is 9.37 Å². The molecule has 0 atom stereocenters. The molecule has 9 heteroatoms. The van der Waals surface area contributed by atoms with Crippen molar-refractivity contribution in [2.24, 2.45) is 0 Å². The van der Waals surface area contributed by atoms with E-state index in [2.05, 4.69) is 19.7 Å². The van der Waals surface area contributed by atoms with Gasteiger partial charge in [0.05, 0.1) is 23.6 Å². The molecule has 136 valence electrons. The van der Waals surface area contributed by atoms with E-state index in [9.17, 15) is 12.8 Å². The van der Waals surface area contributed by atoms with Gasteiger partial charge in [-0.05, 0) is 24.3 Å². The summed E-state index contributed by atoms with van der Waals surface area (Å²) in [6.07, 6.45) is 1.64. The number of aromatic nitrogens is 3. The second-order valence-corrected chi connectivity index (χ2v) is 7.71. The van der Waals surface area contributed by atoms with Crippen molar-refractivity contribution in [1.29, 1.82) is 0 Å². The number of halogens is 1. The Kier molecular flexibility index (Phi) is 5.12. The predicted molar refractivity (Wildman–Crippen MR) is 96.7 cm³/mol. The van der Waals surface area contributed by atoms with E-state index in [1.54, 1.807) is 30.5 Å². The summed E-state index contributed by atoms with van der Waals surface area (Å²) in [5.74, 6) is 0.0164. The zero-order chi connectivity index (χ0) is 18.7. The van der Waals surface area contributed by atoms with Crippen LogP contribution in [0.1, 0.15) is 5.82 Å². The molecule has 26 heavy (non-hydrogen) atoms. The number of hydrogen-bond donors (Lipinski definition) is 2. The van der Waals surface area contributed by atoms with Gasteiger partial charge in [0.15, 0.2) is 0 Å². The van der Waals surface area contributed by atoms with E-state index < -0.39 is 10.2 Å². The lowest BCUT2D eigenvalue weighted by Gasteiger charge is -2.10. The van der Waals surface area contributed by atoms with Crippen molar-refractivity contribution in [3.63, 3.8) is 0 Å². The van der Waals surface area contributed by atoms with Crippen LogP contribution in [0.5, 0.6) is 0 Å². The average Bonchev–Trinajstić information content (AvgIpc) is 3.05. The number of hydrogen-bond acceptors (Lipinski definition) is 4. The summed E-state index contributed by atoms with van der Waals surface area (Å²) in [6, 6.07) is 11.5. The number of benzene rings is 1. The van der Waals surface area contributed by atoms with Crippen molar-refractivity contribution in [2.75, 3.05) is 14.1 Å². The molecule has 1 aromatic carbocycles. The second-order valence-electron chi connectivity index (χ2n) is 5.74. The predicted octanol–water partition coefficient (Wildman–Crippen LogP) is 2.17. The Labute approximate surface area is 151 Å². The summed E-state index contributed by atoms with van der Waals surface area (Å²) in [5.41, 5.74) is 2.29. The molecule has 0 aliphatic carbocycles. The fourth-order valence-electron chi connectivity index (χ4n) is 2.34. The summed E-state index contributed by atoms with van der Waals surface area (Å²) < 4.78 is 40.9. The molecular formula is C17H18FN5O2S. The molecule has 0 saturated carbocycles. The molecule has 0 bridgehead atoms. The summed E-state index contributed by atoms with van der Waals surface area (Å²) in [6.45, 7) is -0.0321. The summed E-state index contributed by atoms with van der Waals surface area (Å²) in [7, 11) is -0.723. The smallest absolute Gasteiger partial charge is 0.279 e. The van der Waals surface area contributed by atoms with Crippen molar-refractivity contribution >= 4 is 10.2 Å². The highest BCUT2D eigenvalue weighted by Crippen LogP contribution is 2.29. The molecule has 3 aromatic rings. The highest BCUT2D eigenvalue weighted by molar-refractivity contribution is 7.87. The van der Waals surface area contributed by atoms with E-state index >= 15 is 0 Å². The highest BCUT2D eigenvalue weighted by Gasteiger charge is 2.18. The number of H-pyrrole nitrogens is 1. The molecule has 2 heterocycles. The van der Waals surface area contributed by atoms with Crippen LogP contribution in [0.15, 0.2) is 48.7 Å². The first kappa shape index (κ1) is 18.2. The van der Waals surface area contributed by atoms with Gasteiger partial charge in [0.2, 0.25) is 0 Å². The maximum atomic E-state index is 13.6. The fourth-order valence-corrected chi connectivity index (χ4v) is 2.91. The van der Waals surface area contributed by atoms with Gasteiger partial charge >= 0.3 is 0 Å². The minimum Gasteiger partial charge on any atom is -0.339 e. The van der Waals surface area contributed by atoms with Gasteiger partial charge in [0, 0.05) is 25.9 Å². The van der Waals surface area contributed by atoms with Crippen LogP contribution in [0, 0.1) is 5.82 Å².